The number of carbonyl (C=O) groups excluding carboxylic acids is 1. The molecule has 1 aromatic heterocycles. The zero-order valence-electron chi connectivity index (χ0n) is 8.74. The lowest BCUT2D eigenvalue weighted by Crippen LogP contribution is -2.30. The van der Waals surface area contributed by atoms with Gasteiger partial charge in [0, 0.05) is 17.9 Å². The van der Waals surface area contributed by atoms with Crippen LogP contribution >= 0.6 is 11.8 Å². The molecule has 5 heteroatoms. The van der Waals surface area contributed by atoms with Crippen LogP contribution in [0, 0.1) is 0 Å². The SMILES string of the molecule is CSC(C)CNC(=O)c1cccc(=O)[nH]1. The Balaban J connectivity index is 2.58. The van der Waals surface area contributed by atoms with E-state index < -0.39 is 0 Å². The topological polar surface area (TPSA) is 62.0 Å². The van der Waals surface area contributed by atoms with Gasteiger partial charge in [0.05, 0.1) is 0 Å². The van der Waals surface area contributed by atoms with Gasteiger partial charge in [-0.25, -0.2) is 0 Å². The van der Waals surface area contributed by atoms with Crippen molar-refractivity contribution in [2.75, 3.05) is 12.8 Å². The Morgan fingerprint density at radius 1 is 1.60 bits per heavy atom. The van der Waals surface area contributed by atoms with E-state index in [-0.39, 0.29) is 11.5 Å². The van der Waals surface area contributed by atoms with Crippen LogP contribution in [0.2, 0.25) is 0 Å². The number of hydrogen-bond donors (Lipinski definition) is 2. The summed E-state index contributed by atoms with van der Waals surface area (Å²) >= 11 is 1.68. The fraction of sp³-hybridized carbons (Fsp3) is 0.400. The lowest BCUT2D eigenvalue weighted by atomic mass is 10.3. The molecular weight excluding hydrogens is 212 g/mol. The van der Waals surface area contributed by atoms with Gasteiger partial charge in [-0.3, -0.25) is 9.59 Å². The fourth-order valence-corrected chi connectivity index (χ4v) is 1.25. The van der Waals surface area contributed by atoms with E-state index in [2.05, 4.69) is 10.3 Å². The van der Waals surface area contributed by atoms with E-state index >= 15 is 0 Å². The number of pyridine rings is 1. The maximum absolute atomic E-state index is 11.5. The smallest absolute Gasteiger partial charge is 0.267 e. The largest absolute Gasteiger partial charge is 0.350 e. The number of amides is 1. The second-order valence-electron chi connectivity index (χ2n) is 3.19. The van der Waals surface area contributed by atoms with Gasteiger partial charge in [-0.2, -0.15) is 11.8 Å². The molecule has 1 rings (SSSR count). The fourth-order valence-electron chi connectivity index (χ4n) is 0.995. The van der Waals surface area contributed by atoms with Crippen LogP contribution in [0.15, 0.2) is 23.0 Å². The van der Waals surface area contributed by atoms with E-state index in [1.54, 1.807) is 23.9 Å². The van der Waals surface area contributed by atoms with Crippen molar-refractivity contribution in [3.63, 3.8) is 0 Å². The van der Waals surface area contributed by atoms with E-state index in [0.717, 1.165) is 0 Å². The Hall–Kier alpha value is -1.23. The van der Waals surface area contributed by atoms with Crippen molar-refractivity contribution in [3.05, 3.63) is 34.2 Å². The highest BCUT2D eigenvalue weighted by atomic mass is 32.2. The Bertz CT molecular complexity index is 389. The Morgan fingerprint density at radius 3 is 2.93 bits per heavy atom. The molecule has 15 heavy (non-hydrogen) atoms. The third kappa shape index (κ3) is 3.79. The Labute approximate surface area is 92.5 Å². The first-order valence-electron chi connectivity index (χ1n) is 4.64. The van der Waals surface area contributed by atoms with Gasteiger partial charge in [0.2, 0.25) is 5.56 Å². The van der Waals surface area contributed by atoms with Crippen LogP contribution in [0.4, 0.5) is 0 Å². The molecule has 0 radical (unpaired) electrons. The lowest BCUT2D eigenvalue weighted by molar-refractivity contribution is 0.0949. The van der Waals surface area contributed by atoms with Crippen LogP contribution in [0.5, 0.6) is 0 Å². The average Bonchev–Trinajstić information content (AvgIpc) is 2.25. The molecule has 1 aromatic rings. The van der Waals surface area contributed by atoms with Gasteiger partial charge in [0.15, 0.2) is 0 Å². The van der Waals surface area contributed by atoms with Crippen LogP contribution in [0.1, 0.15) is 17.4 Å². The highest BCUT2D eigenvalue weighted by molar-refractivity contribution is 7.99. The molecule has 1 atom stereocenters. The molecule has 0 saturated carbocycles. The minimum absolute atomic E-state index is 0.242. The Morgan fingerprint density at radius 2 is 2.33 bits per heavy atom. The minimum atomic E-state index is -0.263. The van der Waals surface area contributed by atoms with Crippen molar-refractivity contribution in [2.24, 2.45) is 0 Å². The predicted octanol–water partition coefficient (Wildman–Crippen LogP) is 0.856. The monoisotopic (exact) mass is 226 g/mol. The van der Waals surface area contributed by atoms with Crippen LogP contribution in [0.25, 0.3) is 0 Å². The van der Waals surface area contributed by atoms with Gasteiger partial charge < -0.3 is 10.3 Å². The summed E-state index contributed by atoms with van der Waals surface area (Å²) < 4.78 is 0. The van der Waals surface area contributed by atoms with Gasteiger partial charge >= 0.3 is 0 Å². The molecule has 1 amide bonds. The summed E-state index contributed by atoms with van der Waals surface area (Å²) in [6.07, 6.45) is 1.99. The average molecular weight is 226 g/mol. The zero-order chi connectivity index (χ0) is 11.3. The van der Waals surface area contributed by atoms with Gasteiger partial charge in [0.1, 0.15) is 5.69 Å². The summed E-state index contributed by atoms with van der Waals surface area (Å²) in [7, 11) is 0. The quantitative estimate of drug-likeness (QED) is 0.800. The van der Waals surface area contributed by atoms with Crippen molar-refractivity contribution in [1.82, 2.24) is 10.3 Å². The zero-order valence-corrected chi connectivity index (χ0v) is 9.56. The first kappa shape index (κ1) is 11.8. The standard InChI is InChI=1S/C10H14N2O2S/c1-7(15-2)6-11-10(14)8-4-3-5-9(13)12-8/h3-5,7H,6H2,1-2H3,(H,11,14)(H,12,13). The number of thioether (sulfide) groups is 1. The number of aromatic nitrogens is 1. The van der Waals surface area contributed by atoms with Crippen molar-refractivity contribution >= 4 is 17.7 Å². The second kappa shape index (κ2) is 5.60. The summed E-state index contributed by atoms with van der Waals surface area (Å²) in [5.41, 5.74) is 0.0383. The van der Waals surface area contributed by atoms with Crippen molar-refractivity contribution in [3.8, 4) is 0 Å². The molecule has 0 aliphatic heterocycles. The second-order valence-corrected chi connectivity index (χ2v) is 4.46. The van der Waals surface area contributed by atoms with Crippen molar-refractivity contribution < 1.29 is 4.79 Å². The summed E-state index contributed by atoms with van der Waals surface area (Å²) in [4.78, 5) is 25.0. The molecule has 0 bridgehead atoms. The molecule has 0 saturated heterocycles. The number of nitrogens with one attached hydrogen (secondary N) is 2. The van der Waals surface area contributed by atoms with E-state index in [1.807, 2.05) is 13.2 Å². The third-order valence-electron chi connectivity index (χ3n) is 1.97. The third-order valence-corrected chi connectivity index (χ3v) is 2.94. The molecule has 4 nitrogen and oxygen atoms in total. The van der Waals surface area contributed by atoms with E-state index in [1.165, 1.54) is 6.07 Å². The maximum Gasteiger partial charge on any atom is 0.267 e. The maximum atomic E-state index is 11.5. The van der Waals surface area contributed by atoms with Gasteiger partial charge in [-0.1, -0.05) is 13.0 Å². The summed E-state index contributed by atoms with van der Waals surface area (Å²) in [5.74, 6) is -0.242. The molecule has 0 spiro atoms. The number of H-pyrrole nitrogens is 1. The van der Waals surface area contributed by atoms with Crippen LogP contribution in [-0.4, -0.2) is 28.9 Å². The summed E-state index contributed by atoms with van der Waals surface area (Å²) in [6.45, 7) is 2.62. The number of carbonyl (C=O) groups is 1. The van der Waals surface area contributed by atoms with Crippen LogP contribution < -0.4 is 10.9 Å². The predicted molar refractivity (Wildman–Crippen MR) is 62.4 cm³/mol. The number of aromatic amines is 1. The molecule has 2 N–H and O–H groups in total. The van der Waals surface area contributed by atoms with Gasteiger partial charge in [-0.05, 0) is 12.3 Å². The van der Waals surface area contributed by atoms with E-state index in [9.17, 15) is 9.59 Å². The summed E-state index contributed by atoms with van der Waals surface area (Å²) in [6, 6.07) is 4.52. The molecule has 0 aliphatic rings. The molecule has 0 aromatic carbocycles. The number of hydrogen-bond acceptors (Lipinski definition) is 3. The van der Waals surface area contributed by atoms with Gasteiger partial charge in [0.25, 0.3) is 5.91 Å². The van der Waals surface area contributed by atoms with Gasteiger partial charge in [-0.15, -0.1) is 0 Å². The van der Waals surface area contributed by atoms with E-state index in [0.29, 0.717) is 17.5 Å². The Kier molecular flexibility index (Phi) is 4.42. The van der Waals surface area contributed by atoms with Crippen LogP contribution in [-0.2, 0) is 0 Å². The number of rotatable bonds is 4. The lowest BCUT2D eigenvalue weighted by Gasteiger charge is -2.09. The molecular formula is C10H14N2O2S. The molecule has 82 valence electrons. The molecule has 0 aliphatic carbocycles. The highest BCUT2D eigenvalue weighted by Crippen LogP contribution is 2.02. The normalized spacial score (nSPS) is 12.1. The van der Waals surface area contributed by atoms with E-state index in [4.69, 9.17) is 0 Å². The van der Waals surface area contributed by atoms with Crippen molar-refractivity contribution in [2.45, 2.75) is 12.2 Å². The minimum Gasteiger partial charge on any atom is -0.350 e. The molecule has 1 heterocycles. The van der Waals surface area contributed by atoms with Crippen molar-refractivity contribution in [1.29, 1.82) is 0 Å². The van der Waals surface area contributed by atoms with Crippen LogP contribution in [0.3, 0.4) is 0 Å². The summed E-state index contributed by atoms with van der Waals surface area (Å²) in [5, 5.41) is 3.11. The molecule has 0 fully saturated rings. The first-order chi connectivity index (χ1) is 7.13. The highest BCUT2D eigenvalue weighted by Gasteiger charge is 2.07. The molecule has 1 unspecified atom stereocenters. The first-order valence-corrected chi connectivity index (χ1v) is 5.92.